The minimum atomic E-state index is -1.21. The lowest BCUT2D eigenvalue weighted by Crippen LogP contribution is -2.38. The number of fused-ring (bicyclic) bond motifs is 1. The van der Waals surface area contributed by atoms with Crippen molar-refractivity contribution in [1.82, 2.24) is 0 Å². The van der Waals surface area contributed by atoms with Crippen LogP contribution in [0, 0.1) is 5.41 Å². The molecule has 21 heavy (non-hydrogen) atoms. The number of ether oxygens (including phenoxy) is 1. The minimum Gasteiger partial charge on any atom is -0.468 e. The van der Waals surface area contributed by atoms with Gasteiger partial charge in [0.2, 0.25) is 0 Å². The van der Waals surface area contributed by atoms with Gasteiger partial charge in [-0.25, -0.2) is 0 Å². The molecular weight excluding hydrogens is 264 g/mol. The van der Waals surface area contributed by atoms with E-state index in [9.17, 15) is 9.59 Å². The summed E-state index contributed by atoms with van der Waals surface area (Å²) in [6.45, 7) is 1.68. The maximum Gasteiger partial charge on any atom is 0.320 e. The minimum absolute atomic E-state index is 0.168. The summed E-state index contributed by atoms with van der Waals surface area (Å²) in [7, 11) is 1.33. The zero-order valence-corrected chi connectivity index (χ0v) is 12.0. The topological polar surface area (TPSA) is 43.4 Å². The molecule has 0 saturated carbocycles. The van der Waals surface area contributed by atoms with E-state index in [0.29, 0.717) is 5.56 Å². The van der Waals surface area contributed by atoms with Crippen molar-refractivity contribution in [3.05, 3.63) is 71.3 Å². The smallest absolute Gasteiger partial charge is 0.320 e. The highest BCUT2D eigenvalue weighted by Crippen LogP contribution is 2.51. The van der Waals surface area contributed by atoms with Gasteiger partial charge in [0.1, 0.15) is 5.41 Å². The van der Waals surface area contributed by atoms with E-state index < -0.39 is 11.4 Å². The van der Waals surface area contributed by atoms with Gasteiger partial charge in [-0.2, -0.15) is 0 Å². The molecule has 2 atom stereocenters. The van der Waals surface area contributed by atoms with Crippen molar-refractivity contribution in [1.29, 1.82) is 0 Å². The van der Waals surface area contributed by atoms with Crippen LogP contribution in [0.4, 0.5) is 0 Å². The number of hydrogen-bond donors (Lipinski definition) is 0. The molecule has 106 valence electrons. The van der Waals surface area contributed by atoms with Crippen LogP contribution in [0.25, 0.3) is 0 Å². The average Bonchev–Trinajstić information content (AvgIpc) is 2.77. The quantitative estimate of drug-likeness (QED) is 0.627. The molecule has 0 heterocycles. The lowest BCUT2D eigenvalue weighted by Gasteiger charge is -2.28. The molecule has 0 aliphatic heterocycles. The van der Waals surface area contributed by atoms with Gasteiger partial charge in [0.05, 0.1) is 7.11 Å². The number of esters is 1. The van der Waals surface area contributed by atoms with E-state index in [4.69, 9.17) is 4.74 Å². The van der Waals surface area contributed by atoms with Crippen molar-refractivity contribution in [3.63, 3.8) is 0 Å². The van der Waals surface area contributed by atoms with Gasteiger partial charge in [-0.1, -0.05) is 54.6 Å². The van der Waals surface area contributed by atoms with E-state index in [1.54, 1.807) is 13.0 Å². The first-order valence-corrected chi connectivity index (χ1v) is 6.87. The zero-order chi connectivity index (χ0) is 15.0. The Morgan fingerprint density at radius 3 is 2.33 bits per heavy atom. The van der Waals surface area contributed by atoms with Crippen molar-refractivity contribution in [2.24, 2.45) is 5.41 Å². The second kappa shape index (κ2) is 4.85. The molecule has 0 N–H and O–H groups in total. The number of ketones is 1. The Morgan fingerprint density at radius 1 is 1.05 bits per heavy atom. The Morgan fingerprint density at radius 2 is 1.67 bits per heavy atom. The third-order valence-corrected chi connectivity index (χ3v) is 4.31. The van der Waals surface area contributed by atoms with Crippen molar-refractivity contribution in [2.75, 3.05) is 7.11 Å². The van der Waals surface area contributed by atoms with Crippen molar-refractivity contribution in [2.45, 2.75) is 12.8 Å². The van der Waals surface area contributed by atoms with E-state index in [1.165, 1.54) is 7.11 Å². The molecule has 1 aliphatic carbocycles. The third kappa shape index (κ3) is 1.81. The SMILES string of the molecule is COC(=O)C1(C)C(=O)c2ccccc2C1c1ccccc1. The van der Waals surface area contributed by atoms with Crippen LogP contribution in [-0.4, -0.2) is 18.9 Å². The van der Waals surface area contributed by atoms with Crippen LogP contribution in [0.3, 0.4) is 0 Å². The van der Waals surface area contributed by atoms with Gasteiger partial charge in [-0.15, -0.1) is 0 Å². The summed E-state index contributed by atoms with van der Waals surface area (Å²) in [5.41, 5.74) is 1.24. The second-order valence-corrected chi connectivity index (χ2v) is 5.45. The van der Waals surface area contributed by atoms with Crippen LogP contribution < -0.4 is 0 Å². The lowest BCUT2D eigenvalue weighted by molar-refractivity contribution is -0.149. The van der Waals surface area contributed by atoms with E-state index in [1.807, 2.05) is 48.5 Å². The molecule has 0 radical (unpaired) electrons. The van der Waals surface area contributed by atoms with Crippen LogP contribution in [0.5, 0.6) is 0 Å². The summed E-state index contributed by atoms with van der Waals surface area (Å²) in [5.74, 6) is -0.966. The van der Waals surface area contributed by atoms with E-state index >= 15 is 0 Å². The number of Topliss-reactive ketones (excluding diaryl/α,β-unsaturated/α-hetero) is 1. The Labute approximate surface area is 123 Å². The summed E-state index contributed by atoms with van der Waals surface area (Å²) in [4.78, 5) is 25.2. The van der Waals surface area contributed by atoms with E-state index in [0.717, 1.165) is 11.1 Å². The summed E-state index contributed by atoms with van der Waals surface area (Å²) in [5, 5.41) is 0. The van der Waals surface area contributed by atoms with Crippen LogP contribution in [0.15, 0.2) is 54.6 Å². The first-order chi connectivity index (χ1) is 10.1. The fraction of sp³-hybridized carbons (Fsp3) is 0.222. The monoisotopic (exact) mass is 280 g/mol. The van der Waals surface area contributed by atoms with Crippen molar-refractivity contribution >= 4 is 11.8 Å². The average molecular weight is 280 g/mol. The predicted molar refractivity (Wildman–Crippen MR) is 79.2 cm³/mol. The predicted octanol–water partition coefficient (Wildman–Crippen LogP) is 3.19. The molecule has 0 amide bonds. The molecule has 3 heteroatoms. The second-order valence-electron chi connectivity index (χ2n) is 5.45. The van der Waals surface area contributed by atoms with E-state index in [2.05, 4.69) is 0 Å². The zero-order valence-electron chi connectivity index (χ0n) is 12.0. The number of hydrogen-bond acceptors (Lipinski definition) is 3. The molecule has 3 nitrogen and oxygen atoms in total. The highest BCUT2D eigenvalue weighted by Gasteiger charge is 2.56. The van der Waals surface area contributed by atoms with Gasteiger partial charge >= 0.3 is 5.97 Å². The molecule has 0 fully saturated rings. The van der Waals surface area contributed by atoms with Crippen molar-refractivity contribution in [3.8, 4) is 0 Å². The molecule has 0 aromatic heterocycles. The Kier molecular flexibility index (Phi) is 3.13. The molecule has 2 aromatic rings. The summed E-state index contributed by atoms with van der Waals surface area (Å²) >= 11 is 0. The maximum atomic E-state index is 12.8. The third-order valence-electron chi connectivity index (χ3n) is 4.31. The van der Waals surface area contributed by atoms with Crippen LogP contribution >= 0.6 is 0 Å². The normalized spacial score (nSPS) is 23.7. The number of carbonyl (C=O) groups excluding carboxylic acids is 2. The molecular formula is C18H16O3. The lowest BCUT2D eigenvalue weighted by atomic mass is 9.73. The number of carbonyl (C=O) groups is 2. The van der Waals surface area contributed by atoms with Gasteiger partial charge in [0.15, 0.2) is 5.78 Å². The molecule has 0 spiro atoms. The summed E-state index contributed by atoms with van der Waals surface area (Å²) in [6, 6.07) is 17.1. The fourth-order valence-corrected chi connectivity index (χ4v) is 3.26. The molecule has 2 unspecified atom stereocenters. The summed E-state index contributed by atoms with van der Waals surface area (Å²) in [6.07, 6.45) is 0. The van der Waals surface area contributed by atoms with E-state index in [-0.39, 0.29) is 11.7 Å². The number of methoxy groups -OCH3 is 1. The van der Waals surface area contributed by atoms with Crippen molar-refractivity contribution < 1.29 is 14.3 Å². The van der Waals surface area contributed by atoms with Crippen LogP contribution in [0.2, 0.25) is 0 Å². The Balaban J connectivity index is 2.26. The Bertz CT molecular complexity index is 705. The highest BCUT2D eigenvalue weighted by molar-refractivity contribution is 6.17. The first kappa shape index (κ1) is 13.6. The highest BCUT2D eigenvalue weighted by atomic mass is 16.5. The van der Waals surface area contributed by atoms with Crippen LogP contribution in [0.1, 0.15) is 34.3 Å². The summed E-state index contributed by atoms with van der Waals surface area (Å²) < 4.78 is 4.93. The van der Waals surface area contributed by atoms with Gasteiger partial charge in [-0.3, -0.25) is 9.59 Å². The van der Waals surface area contributed by atoms with Gasteiger partial charge in [-0.05, 0) is 18.1 Å². The van der Waals surface area contributed by atoms with Gasteiger partial charge < -0.3 is 4.74 Å². The van der Waals surface area contributed by atoms with Crippen LogP contribution in [-0.2, 0) is 9.53 Å². The van der Waals surface area contributed by atoms with Gasteiger partial charge in [0, 0.05) is 11.5 Å². The maximum absolute atomic E-state index is 12.8. The number of benzene rings is 2. The standard InChI is InChI=1S/C18H16O3/c1-18(17(20)21-2)15(12-8-4-3-5-9-12)13-10-6-7-11-14(13)16(18)19/h3-11,15H,1-2H3. The number of rotatable bonds is 2. The fourth-order valence-electron chi connectivity index (χ4n) is 3.26. The largest absolute Gasteiger partial charge is 0.468 e. The molecule has 3 rings (SSSR count). The molecule has 0 saturated heterocycles. The Hall–Kier alpha value is -2.42. The molecule has 1 aliphatic rings. The van der Waals surface area contributed by atoms with Gasteiger partial charge in [0.25, 0.3) is 0 Å². The molecule has 0 bridgehead atoms. The first-order valence-electron chi connectivity index (χ1n) is 6.87. The molecule has 2 aromatic carbocycles.